The van der Waals surface area contributed by atoms with Crippen molar-refractivity contribution in [2.45, 2.75) is 26.8 Å². The summed E-state index contributed by atoms with van der Waals surface area (Å²) in [6.07, 6.45) is 3.76. The lowest BCUT2D eigenvalue weighted by Gasteiger charge is -2.26. The monoisotopic (exact) mass is 192 g/mol. The molecule has 0 radical (unpaired) electrons. The number of hydrogen-bond acceptors (Lipinski definition) is 2. The third kappa shape index (κ3) is 2.55. The summed E-state index contributed by atoms with van der Waals surface area (Å²) in [4.78, 5) is 4.16. The van der Waals surface area contributed by atoms with Crippen molar-refractivity contribution < 1.29 is 0 Å². The summed E-state index contributed by atoms with van der Waals surface area (Å²) in [5, 5.41) is 3.36. The molecule has 0 saturated carbocycles. The predicted octanol–water partition coefficient (Wildman–Crippen LogP) is 2.63. The van der Waals surface area contributed by atoms with E-state index in [1.807, 2.05) is 25.5 Å². The number of nitrogens with zero attached hydrogens (tertiary/aromatic N) is 1. The highest BCUT2D eigenvalue weighted by atomic mass is 14.9. The molecule has 0 aliphatic heterocycles. The van der Waals surface area contributed by atoms with Crippen LogP contribution in [0.25, 0.3) is 0 Å². The molecule has 0 saturated heterocycles. The van der Waals surface area contributed by atoms with E-state index >= 15 is 0 Å². The minimum atomic E-state index is 0.406. The van der Waals surface area contributed by atoms with Crippen LogP contribution in [0.3, 0.4) is 0 Å². The second-order valence-electron chi connectivity index (χ2n) is 4.16. The van der Waals surface area contributed by atoms with Gasteiger partial charge in [-0.25, -0.2) is 0 Å². The molecule has 2 unspecified atom stereocenters. The van der Waals surface area contributed by atoms with Crippen LogP contribution in [0.2, 0.25) is 0 Å². The topological polar surface area (TPSA) is 24.9 Å². The molecular formula is C12H20N2. The van der Waals surface area contributed by atoms with E-state index in [0.717, 1.165) is 0 Å². The molecule has 0 aliphatic carbocycles. The second kappa shape index (κ2) is 5.11. The fourth-order valence-electron chi connectivity index (χ4n) is 1.68. The molecule has 14 heavy (non-hydrogen) atoms. The third-order valence-electron chi connectivity index (χ3n) is 2.93. The van der Waals surface area contributed by atoms with E-state index in [-0.39, 0.29) is 0 Å². The summed E-state index contributed by atoms with van der Waals surface area (Å²) in [6, 6.07) is 4.53. The molecule has 0 aliphatic rings. The van der Waals surface area contributed by atoms with Gasteiger partial charge >= 0.3 is 0 Å². The Labute approximate surface area is 86.8 Å². The largest absolute Gasteiger partial charge is 0.313 e. The van der Waals surface area contributed by atoms with Crippen LogP contribution in [-0.4, -0.2) is 12.0 Å². The van der Waals surface area contributed by atoms with Gasteiger partial charge < -0.3 is 5.32 Å². The number of hydrogen-bond donors (Lipinski definition) is 1. The van der Waals surface area contributed by atoms with Crippen molar-refractivity contribution >= 4 is 0 Å². The third-order valence-corrected chi connectivity index (χ3v) is 2.93. The van der Waals surface area contributed by atoms with Crippen LogP contribution in [-0.2, 0) is 0 Å². The average Bonchev–Trinajstić information content (AvgIpc) is 2.20. The van der Waals surface area contributed by atoms with Gasteiger partial charge in [-0.1, -0.05) is 26.8 Å². The summed E-state index contributed by atoms with van der Waals surface area (Å²) >= 11 is 0. The summed E-state index contributed by atoms with van der Waals surface area (Å²) in [5.74, 6) is 1.29. The zero-order valence-electron chi connectivity index (χ0n) is 9.49. The Balaban J connectivity index is 2.82. The van der Waals surface area contributed by atoms with Crippen molar-refractivity contribution in [1.29, 1.82) is 0 Å². The zero-order valence-corrected chi connectivity index (χ0v) is 9.49. The van der Waals surface area contributed by atoms with E-state index in [9.17, 15) is 0 Å². The summed E-state index contributed by atoms with van der Waals surface area (Å²) in [7, 11) is 2.01. The van der Waals surface area contributed by atoms with Crippen molar-refractivity contribution in [2.24, 2.45) is 11.8 Å². The van der Waals surface area contributed by atoms with Gasteiger partial charge in [-0.3, -0.25) is 4.98 Å². The van der Waals surface area contributed by atoms with Gasteiger partial charge in [0.15, 0.2) is 0 Å². The second-order valence-corrected chi connectivity index (χ2v) is 4.16. The van der Waals surface area contributed by atoms with Crippen molar-refractivity contribution in [3.63, 3.8) is 0 Å². The SMILES string of the molecule is CNC(c1cccnc1)C(C)C(C)C. The van der Waals surface area contributed by atoms with Crippen molar-refractivity contribution in [1.82, 2.24) is 10.3 Å². The molecule has 0 fully saturated rings. The number of pyridine rings is 1. The molecule has 1 heterocycles. The van der Waals surface area contributed by atoms with E-state index < -0.39 is 0 Å². The Hall–Kier alpha value is -0.890. The molecule has 1 rings (SSSR count). The van der Waals surface area contributed by atoms with Crippen molar-refractivity contribution in [2.75, 3.05) is 7.05 Å². The molecule has 0 spiro atoms. The standard InChI is InChI=1S/C12H20N2/c1-9(2)10(3)12(13-4)11-6-5-7-14-8-11/h5-10,12-13H,1-4H3. The molecule has 1 aromatic rings. The van der Waals surface area contributed by atoms with Gasteiger partial charge in [-0.05, 0) is 30.5 Å². The maximum absolute atomic E-state index is 4.16. The predicted molar refractivity (Wildman–Crippen MR) is 60.0 cm³/mol. The van der Waals surface area contributed by atoms with Crippen LogP contribution in [0.5, 0.6) is 0 Å². The first-order valence-electron chi connectivity index (χ1n) is 5.24. The smallest absolute Gasteiger partial charge is 0.0361 e. The number of rotatable bonds is 4. The highest BCUT2D eigenvalue weighted by Crippen LogP contribution is 2.26. The van der Waals surface area contributed by atoms with Crippen molar-refractivity contribution in [3.05, 3.63) is 30.1 Å². The van der Waals surface area contributed by atoms with Gasteiger partial charge in [0.05, 0.1) is 0 Å². The Morgan fingerprint density at radius 3 is 2.43 bits per heavy atom. The lowest BCUT2D eigenvalue weighted by Crippen LogP contribution is -2.26. The van der Waals surface area contributed by atoms with Gasteiger partial charge in [0.25, 0.3) is 0 Å². The fraction of sp³-hybridized carbons (Fsp3) is 0.583. The Morgan fingerprint density at radius 2 is 2.00 bits per heavy atom. The van der Waals surface area contributed by atoms with Gasteiger partial charge in [0.1, 0.15) is 0 Å². The maximum Gasteiger partial charge on any atom is 0.0361 e. The molecule has 2 nitrogen and oxygen atoms in total. The molecule has 2 heteroatoms. The van der Waals surface area contributed by atoms with Crippen LogP contribution < -0.4 is 5.32 Å². The van der Waals surface area contributed by atoms with E-state index in [0.29, 0.717) is 17.9 Å². The van der Waals surface area contributed by atoms with Gasteiger partial charge in [-0.2, -0.15) is 0 Å². The minimum absolute atomic E-state index is 0.406. The normalized spacial score (nSPS) is 15.5. The number of nitrogens with one attached hydrogen (secondary N) is 1. The quantitative estimate of drug-likeness (QED) is 0.793. The fourth-order valence-corrected chi connectivity index (χ4v) is 1.68. The molecule has 0 bridgehead atoms. The molecule has 1 aromatic heterocycles. The van der Waals surface area contributed by atoms with E-state index in [2.05, 4.69) is 37.1 Å². The van der Waals surface area contributed by atoms with Gasteiger partial charge in [0.2, 0.25) is 0 Å². The summed E-state index contributed by atoms with van der Waals surface area (Å²) in [6.45, 7) is 6.79. The molecule has 0 aromatic carbocycles. The molecule has 2 atom stereocenters. The minimum Gasteiger partial charge on any atom is -0.313 e. The molecule has 1 N–H and O–H groups in total. The van der Waals surface area contributed by atoms with E-state index in [1.165, 1.54) is 5.56 Å². The van der Waals surface area contributed by atoms with E-state index in [1.54, 1.807) is 0 Å². The first-order valence-corrected chi connectivity index (χ1v) is 5.24. The van der Waals surface area contributed by atoms with Gasteiger partial charge in [0, 0.05) is 18.4 Å². The van der Waals surface area contributed by atoms with Crippen LogP contribution in [0, 0.1) is 11.8 Å². The van der Waals surface area contributed by atoms with Crippen molar-refractivity contribution in [3.8, 4) is 0 Å². The highest BCUT2D eigenvalue weighted by molar-refractivity contribution is 5.14. The van der Waals surface area contributed by atoms with E-state index in [4.69, 9.17) is 0 Å². The van der Waals surface area contributed by atoms with Crippen LogP contribution >= 0.6 is 0 Å². The van der Waals surface area contributed by atoms with Crippen LogP contribution in [0.15, 0.2) is 24.5 Å². The molecule has 0 amide bonds. The Kier molecular flexibility index (Phi) is 4.08. The average molecular weight is 192 g/mol. The van der Waals surface area contributed by atoms with Crippen LogP contribution in [0.1, 0.15) is 32.4 Å². The Morgan fingerprint density at radius 1 is 1.29 bits per heavy atom. The molecular weight excluding hydrogens is 172 g/mol. The lowest BCUT2D eigenvalue weighted by molar-refractivity contribution is 0.316. The first kappa shape index (κ1) is 11.2. The lowest BCUT2D eigenvalue weighted by atomic mass is 9.87. The zero-order chi connectivity index (χ0) is 10.6. The van der Waals surface area contributed by atoms with Gasteiger partial charge in [-0.15, -0.1) is 0 Å². The molecule has 78 valence electrons. The van der Waals surface area contributed by atoms with Crippen LogP contribution in [0.4, 0.5) is 0 Å². The Bertz CT molecular complexity index is 256. The first-order chi connectivity index (χ1) is 6.66. The highest BCUT2D eigenvalue weighted by Gasteiger charge is 2.19. The summed E-state index contributed by atoms with van der Waals surface area (Å²) in [5.41, 5.74) is 1.27. The maximum atomic E-state index is 4.16. The summed E-state index contributed by atoms with van der Waals surface area (Å²) < 4.78 is 0. The number of aromatic nitrogens is 1.